The van der Waals surface area contributed by atoms with Crippen molar-refractivity contribution < 1.29 is 13.5 Å². The first-order valence-electron chi connectivity index (χ1n) is 6.35. The lowest BCUT2D eigenvalue weighted by Crippen LogP contribution is -2.30. The average molecular weight is 357 g/mol. The summed E-state index contributed by atoms with van der Waals surface area (Å²) in [6, 6.07) is 14.0. The highest BCUT2D eigenvalue weighted by Crippen LogP contribution is 2.30. The molecule has 0 saturated heterocycles. The second kappa shape index (κ2) is 7.49. The number of para-hydroxylation sites is 1. The van der Waals surface area contributed by atoms with E-state index in [-0.39, 0.29) is 11.8 Å². The van der Waals surface area contributed by atoms with E-state index in [0.29, 0.717) is 12.0 Å². The van der Waals surface area contributed by atoms with Crippen molar-refractivity contribution in [1.82, 2.24) is 5.43 Å². The van der Waals surface area contributed by atoms with E-state index in [1.165, 1.54) is 6.07 Å². The molecular weight excluding hydrogens is 342 g/mol. The van der Waals surface area contributed by atoms with Gasteiger partial charge in [-0.05, 0) is 24.1 Å². The molecule has 1 unspecified atom stereocenters. The summed E-state index contributed by atoms with van der Waals surface area (Å²) >= 11 is 3.47. The summed E-state index contributed by atoms with van der Waals surface area (Å²) in [6.07, 6.45) is 0.543. The summed E-state index contributed by atoms with van der Waals surface area (Å²) < 4.78 is 30.5. The van der Waals surface area contributed by atoms with Crippen LogP contribution in [0.1, 0.15) is 17.2 Å². The zero-order chi connectivity index (χ0) is 15.2. The smallest absolute Gasteiger partial charge is 0.387 e. The Morgan fingerprint density at radius 2 is 1.76 bits per heavy atom. The molecule has 0 aromatic heterocycles. The van der Waals surface area contributed by atoms with Crippen molar-refractivity contribution in [3.63, 3.8) is 0 Å². The fourth-order valence-electron chi connectivity index (χ4n) is 2.11. The van der Waals surface area contributed by atoms with Crippen LogP contribution in [-0.4, -0.2) is 6.61 Å². The van der Waals surface area contributed by atoms with Crippen LogP contribution in [0.3, 0.4) is 0 Å². The van der Waals surface area contributed by atoms with Crippen molar-refractivity contribution in [3.8, 4) is 5.75 Å². The molecule has 112 valence electrons. The molecule has 2 rings (SSSR count). The second-order valence-electron chi connectivity index (χ2n) is 4.43. The Morgan fingerprint density at radius 1 is 1.10 bits per heavy atom. The third kappa shape index (κ3) is 4.23. The number of hydrogen-bond acceptors (Lipinski definition) is 3. The SMILES string of the molecule is NNC(Cc1ccccc1Br)c1ccccc1OC(F)F. The molecule has 0 heterocycles. The van der Waals surface area contributed by atoms with Gasteiger partial charge in [-0.2, -0.15) is 8.78 Å². The highest BCUT2D eigenvalue weighted by molar-refractivity contribution is 9.10. The minimum atomic E-state index is -2.87. The number of hydrogen-bond donors (Lipinski definition) is 2. The van der Waals surface area contributed by atoms with Gasteiger partial charge in [0.05, 0.1) is 6.04 Å². The van der Waals surface area contributed by atoms with E-state index < -0.39 is 6.61 Å². The first-order valence-corrected chi connectivity index (χ1v) is 7.14. The molecule has 0 fully saturated rings. The van der Waals surface area contributed by atoms with Gasteiger partial charge < -0.3 is 4.74 Å². The Kier molecular flexibility index (Phi) is 5.67. The summed E-state index contributed by atoms with van der Waals surface area (Å²) in [5, 5.41) is 0. The zero-order valence-electron chi connectivity index (χ0n) is 11.1. The first-order chi connectivity index (χ1) is 10.1. The minimum Gasteiger partial charge on any atom is -0.434 e. The van der Waals surface area contributed by atoms with Crippen LogP contribution < -0.4 is 16.0 Å². The van der Waals surface area contributed by atoms with Gasteiger partial charge in [-0.25, -0.2) is 0 Å². The first kappa shape index (κ1) is 15.9. The molecule has 0 saturated carbocycles. The van der Waals surface area contributed by atoms with Crippen molar-refractivity contribution in [2.45, 2.75) is 19.1 Å². The molecule has 0 aliphatic carbocycles. The lowest BCUT2D eigenvalue weighted by Gasteiger charge is -2.20. The molecule has 0 spiro atoms. The largest absolute Gasteiger partial charge is 0.434 e. The molecule has 0 radical (unpaired) electrons. The van der Waals surface area contributed by atoms with Crippen LogP contribution in [0.2, 0.25) is 0 Å². The van der Waals surface area contributed by atoms with Crippen LogP contribution in [0.4, 0.5) is 8.78 Å². The Bertz CT molecular complexity index is 595. The van der Waals surface area contributed by atoms with E-state index in [1.807, 2.05) is 24.3 Å². The lowest BCUT2D eigenvalue weighted by molar-refractivity contribution is -0.0507. The van der Waals surface area contributed by atoms with Crippen LogP contribution in [-0.2, 0) is 6.42 Å². The van der Waals surface area contributed by atoms with E-state index in [4.69, 9.17) is 5.84 Å². The number of nitrogens with one attached hydrogen (secondary N) is 1. The fraction of sp³-hybridized carbons (Fsp3) is 0.200. The van der Waals surface area contributed by atoms with Crippen molar-refractivity contribution in [2.24, 2.45) is 5.84 Å². The molecular formula is C15H15BrF2N2O. The van der Waals surface area contributed by atoms with Crippen LogP contribution >= 0.6 is 15.9 Å². The van der Waals surface area contributed by atoms with Crippen molar-refractivity contribution in [3.05, 3.63) is 64.1 Å². The molecule has 0 bridgehead atoms. The number of alkyl halides is 2. The van der Waals surface area contributed by atoms with Crippen molar-refractivity contribution in [1.29, 1.82) is 0 Å². The van der Waals surface area contributed by atoms with Gasteiger partial charge >= 0.3 is 6.61 Å². The summed E-state index contributed by atoms with van der Waals surface area (Å²) in [5.74, 6) is 5.72. The standard InChI is InChI=1S/C15H15BrF2N2O/c16-12-7-3-1-5-10(12)9-13(20-19)11-6-2-4-8-14(11)21-15(17)18/h1-8,13,15,20H,9,19H2. The average Bonchev–Trinajstić information content (AvgIpc) is 2.47. The fourth-order valence-corrected chi connectivity index (χ4v) is 2.56. The molecule has 6 heteroatoms. The maximum Gasteiger partial charge on any atom is 0.387 e. The number of halogens is 3. The zero-order valence-corrected chi connectivity index (χ0v) is 12.7. The Morgan fingerprint density at radius 3 is 2.43 bits per heavy atom. The molecule has 2 aromatic carbocycles. The van der Waals surface area contributed by atoms with Gasteiger partial charge in [-0.3, -0.25) is 11.3 Å². The topological polar surface area (TPSA) is 47.3 Å². The summed E-state index contributed by atoms with van der Waals surface area (Å²) in [4.78, 5) is 0. The third-order valence-electron chi connectivity index (χ3n) is 3.09. The number of nitrogens with two attached hydrogens (primary N) is 1. The normalized spacial score (nSPS) is 12.4. The number of ether oxygens (including phenoxy) is 1. The highest BCUT2D eigenvalue weighted by atomic mass is 79.9. The second-order valence-corrected chi connectivity index (χ2v) is 5.29. The number of benzene rings is 2. The van der Waals surface area contributed by atoms with Gasteiger partial charge in [0.25, 0.3) is 0 Å². The molecule has 2 aromatic rings. The molecule has 1 atom stereocenters. The molecule has 3 nitrogen and oxygen atoms in total. The van der Waals surface area contributed by atoms with E-state index >= 15 is 0 Å². The van der Waals surface area contributed by atoms with Crippen molar-refractivity contribution in [2.75, 3.05) is 0 Å². The maximum atomic E-state index is 12.5. The number of hydrazine groups is 1. The van der Waals surface area contributed by atoms with Gasteiger partial charge in [0.2, 0.25) is 0 Å². The summed E-state index contributed by atoms with van der Waals surface area (Å²) in [5.41, 5.74) is 4.28. The van der Waals surface area contributed by atoms with E-state index in [0.717, 1.165) is 10.0 Å². The van der Waals surface area contributed by atoms with E-state index in [9.17, 15) is 8.78 Å². The molecule has 21 heavy (non-hydrogen) atoms. The quantitative estimate of drug-likeness (QED) is 0.611. The van der Waals surface area contributed by atoms with Gasteiger partial charge in [0.1, 0.15) is 5.75 Å². The Hall–Kier alpha value is -1.50. The van der Waals surface area contributed by atoms with Gasteiger partial charge in [0, 0.05) is 10.0 Å². The molecule has 0 aliphatic heterocycles. The van der Waals surface area contributed by atoms with Gasteiger partial charge in [-0.1, -0.05) is 52.3 Å². The lowest BCUT2D eigenvalue weighted by atomic mass is 9.98. The van der Waals surface area contributed by atoms with Gasteiger partial charge in [0.15, 0.2) is 0 Å². The summed E-state index contributed by atoms with van der Waals surface area (Å²) in [6.45, 7) is -2.87. The van der Waals surface area contributed by atoms with Crippen LogP contribution in [0.25, 0.3) is 0 Å². The molecule has 0 amide bonds. The molecule has 3 N–H and O–H groups in total. The van der Waals surface area contributed by atoms with Crippen molar-refractivity contribution >= 4 is 15.9 Å². The Labute approximate surface area is 130 Å². The van der Waals surface area contributed by atoms with Crippen LogP contribution in [0, 0.1) is 0 Å². The Balaban J connectivity index is 2.27. The highest BCUT2D eigenvalue weighted by Gasteiger charge is 2.18. The van der Waals surface area contributed by atoms with E-state index in [1.54, 1.807) is 18.2 Å². The number of rotatable bonds is 6. The van der Waals surface area contributed by atoms with Gasteiger partial charge in [-0.15, -0.1) is 0 Å². The van der Waals surface area contributed by atoms with E-state index in [2.05, 4.69) is 26.1 Å². The monoisotopic (exact) mass is 356 g/mol. The predicted octanol–water partition coefficient (Wildman–Crippen LogP) is 3.80. The predicted molar refractivity (Wildman–Crippen MR) is 81.0 cm³/mol. The third-order valence-corrected chi connectivity index (χ3v) is 3.87. The van der Waals surface area contributed by atoms with Crippen LogP contribution in [0.5, 0.6) is 5.75 Å². The maximum absolute atomic E-state index is 12.5. The minimum absolute atomic E-state index is 0.127. The summed E-state index contributed by atoms with van der Waals surface area (Å²) in [7, 11) is 0. The van der Waals surface area contributed by atoms with Crippen LogP contribution in [0.15, 0.2) is 53.0 Å². The molecule has 0 aliphatic rings.